The van der Waals surface area contributed by atoms with E-state index in [9.17, 15) is 9.59 Å². The van der Waals surface area contributed by atoms with Crippen LogP contribution in [0.5, 0.6) is 0 Å². The van der Waals surface area contributed by atoms with Gasteiger partial charge in [-0.1, -0.05) is 5.16 Å². The van der Waals surface area contributed by atoms with E-state index in [-0.39, 0.29) is 17.4 Å². The minimum atomic E-state index is -0.123. The van der Waals surface area contributed by atoms with Crippen molar-refractivity contribution in [2.24, 2.45) is 0 Å². The van der Waals surface area contributed by atoms with Crippen LogP contribution in [0.15, 0.2) is 15.4 Å². The molecule has 1 fully saturated rings. The predicted octanol–water partition coefficient (Wildman–Crippen LogP) is 1.70. The maximum atomic E-state index is 12.6. The van der Waals surface area contributed by atoms with E-state index in [1.807, 2.05) is 4.90 Å². The zero-order chi connectivity index (χ0) is 16.6. The van der Waals surface area contributed by atoms with Gasteiger partial charge in [0.15, 0.2) is 0 Å². The van der Waals surface area contributed by atoms with Crippen LogP contribution in [0, 0.1) is 20.8 Å². The molecule has 0 bridgehead atoms. The van der Waals surface area contributed by atoms with Crippen molar-refractivity contribution in [3.8, 4) is 0 Å². The van der Waals surface area contributed by atoms with Gasteiger partial charge >= 0.3 is 0 Å². The average molecular weight is 316 g/mol. The van der Waals surface area contributed by atoms with Crippen LogP contribution in [0.25, 0.3) is 0 Å². The molecule has 1 aliphatic rings. The van der Waals surface area contributed by atoms with E-state index < -0.39 is 0 Å². The summed E-state index contributed by atoms with van der Waals surface area (Å²) >= 11 is 0. The molecule has 0 atom stereocenters. The predicted molar refractivity (Wildman–Crippen MR) is 83.5 cm³/mol. The summed E-state index contributed by atoms with van der Waals surface area (Å²) in [7, 11) is 0. The first kappa shape index (κ1) is 15.5. The molecule has 122 valence electrons. The van der Waals surface area contributed by atoms with Gasteiger partial charge in [-0.25, -0.2) is 4.98 Å². The van der Waals surface area contributed by atoms with Crippen LogP contribution in [0.2, 0.25) is 0 Å². The summed E-state index contributed by atoms with van der Waals surface area (Å²) < 4.78 is 5.08. The first-order valence-electron chi connectivity index (χ1n) is 7.75. The smallest absolute Gasteiger partial charge is 0.259 e. The van der Waals surface area contributed by atoms with E-state index in [1.54, 1.807) is 26.8 Å². The normalized spacial score (nSPS) is 15.9. The highest BCUT2D eigenvalue weighted by Gasteiger charge is 2.28. The van der Waals surface area contributed by atoms with Crippen molar-refractivity contribution in [1.82, 2.24) is 20.0 Å². The SMILES string of the molecule is Cc1nc(C2CCN(C(=O)c3c(C)noc3C)CC2)cc(=O)[nH]1. The summed E-state index contributed by atoms with van der Waals surface area (Å²) in [5.41, 5.74) is 1.88. The van der Waals surface area contributed by atoms with Gasteiger partial charge in [0.25, 0.3) is 11.5 Å². The third-order valence-electron chi connectivity index (χ3n) is 4.33. The Kier molecular flexibility index (Phi) is 4.02. The molecule has 0 unspecified atom stereocenters. The maximum absolute atomic E-state index is 12.6. The van der Waals surface area contributed by atoms with Crippen LogP contribution >= 0.6 is 0 Å². The Morgan fingerprint density at radius 2 is 2.00 bits per heavy atom. The third-order valence-corrected chi connectivity index (χ3v) is 4.33. The van der Waals surface area contributed by atoms with E-state index in [2.05, 4.69) is 15.1 Å². The van der Waals surface area contributed by atoms with Gasteiger partial charge in [0.05, 0.1) is 11.4 Å². The van der Waals surface area contributed by atoms with Crippen molar-refractivity contribution in [1.29, 1.82) is 0 Å². The number of H-pyrrole nitrogens is 1. The summed E-state index contributed by atoms with van der Waals surface area (Å²) in [5.74, 6) is 1.36. The van der Waals surface area contributed by atoms with Gasteiger partial charge in [-0.3, -0.25) is 9.59 Å². The molecule has 0 spiro atoms. The third kappa shape index (κ3) is 3.04. The number of nitrogens with zero attached hydrogens (tertiary/aromatic N) is 3. The molecule has 0 aromatic carbocycles. The Hall–Kier alpha value is -2.44. The monoisotopic (exact) mass is 316 g/mol. The Morgan fingerprint density at radius 1 is 1.30 bits per heavy atom. The number of carbonyl (C=O) groups excluding carboxylic acids is 1. The number of rotatable bonds is 2. The van der Waals surface area contributed by atoms with Crippen LogP contribution in [-0.2, 0) is 0 Å². The lowest BCUT2D eigenvalue weighted by Gasteiger charge is -2.31. The number of nitrogens with one attached hydrogen (secondary N) is 1. The Bertz CT molecular complexity index is 765. The maximum Gasteiger partial charge on any atom is 0.259 e. The Labute approximate surface area is 133 Å². The van der Waals surface area contributed by atoms with E-state index >= 15 is 0 Å². The summed E-state index contributed by atoms with van der Waals surface area (Å²) in [5, 5.41) is 3.84. The van der Waals surface area contributed by atoms with E-state index in [1.165, 1.54) is 0 Å². The van der Waals surface area contributed by atoms with Crippen LogP contribution < -0.4 is 5.56 Å². The molecule has 1 amide bonds. The Balaban J connectivity index is 1.71. The molecule has 2 aromatic rings. The van der Waals surface area contributed by atoms with Crippen molar-refractivity contribution in [3.05, 3.63) is 45.0 Å². The van der Waals surface area contributed by atoms with E-state index in [4.69, 9.17) is 4.52 Å². The van der Waals surface area contributed by atoms with Crippen LogP contribution in [0.1, 0.15) is 52.1 Å². The lowest BCUT2D eigenvalue weighted by Crippen LogP contribution is -2.38. The van der Waals surface area contributed by atoms with Crippen LogP contribution in [0.3, 0.4) is 0 Å². The molecule has 1 aliphatic heterocycles. The molecule has 3 heterocycles. The van der Waals surface area contributed by atoms with Crippen molar-refractivity contribution >= 4 is 5.91 Å². The number of amides is 1. The number of aromatic nitrogens is 3. The minimum Gasteiger partial charge on any atom is -0.361 e. The van der Waals surface area contributed by atoms with Gasteiger partial charge in [0.2, 0.25) is 0 Å². The minimum absolute atomic E-state index is 0.0326. The lowest BCUT2D eigenvalue weighted by molar-refractivity contribution is 0.0709. The highest BCUT2D eigenvalue weighted by atomic mass is 16.5. The molecule has 0 saturated carbocycles. The van der Waals surface area contributed by atoms with E-state index in [0.717, 1.165) is 18.5 Å². The van der Waals surface area contributed by atoms with Gasteiger partial charge < -0.3 is 14.4 Å². The van der Waals surface area contributed by atoms with Crippen molar-refractivity contribution in [3.63, 3.8) is 0 Å². The van der Waals surface area contributed by atoms with E-state index in [0.29, 0.717) is 35.9 Å². The molecule has 7 nitrogen and oxygen atoms in total. The molecule has 23 heavy (non-hydrogen) atoms. The number of aromatic amines is 1. The fourth-order valence-electron chi connectivity index (χ4n) is 3.14. The molecule has 2 aromatic heterocycles. The first-order chi connectivity index (χ1) is 11.0. The van der Waals surface area contributed by atoms with Gasteiger partial charge in [0, 0.05) is 25.1 Å². The topological polar surface area (TPSA) is 92.1 Å². The molecular formula is C16H20N4O3. The fraction of sp³-hybridized carbons (Fsp3) is 0.500. The zero-order valence-corrected chi connectivity index (χ0v) is 13.5. The van der Waals surface area contributed by atoms with Crippen LogP contribution in [0.4, 0.5) is 0 Å². The Morgan fingerprint density at radius 3 is 2.57 bits per heavy atom. The van der Waals surface area contributed by atoms with Gasteiger partial charge in [0.1, 0.15) is 17.1 Å². The van der Waals surface area contributed by atoms with Gasteiger partial charge in [-0.15, -0.1) is 0 Å². The number of hydrogen-bond acceptors (Lipinski definition) is 5. The summed E-state index contributed by atoms with van der Waals surface area (Å²) in [4.78, 5) is 33.1. The zero-order valence-electron chi connectivity index (χ0n) is 13.5. The number of carbonyl (C=O) groups is 1. The number of likely N-dealkylation sites (tertiary alicyclic amines) is 1. The largest absolute Gasteiger partial charge is 0.361 e. The second-order valence-electron chi connectivity index (χ2n) is 6.02. The molecule has 1 N–H and O–H groups in total. The standard InChI is InChI=1S/C16H20N4O3/c1-9-15(10(2)23-19-9)16(22)20-6-4-12(5-7-20)13-8-14(21)18-11(3)17-13/h8,12H,4-7H2,1-3H3,(H,17,18,21). The average Bonchev–Trinajstić information content (AvgIpc) is 2.85. The molecular weight excluding hydrogens is 296 g/mol. The molecule has 7 heteroatoms. The second-order valence-corrected chi connectivity index (χ2v) is 6.02. The van der Waals surface area contributed by atoms with Crippen molar-refractivity contribution < 1.29 is 9.32 Å². The quantitative estimate of drug-likeness (QED) is 0.910. The summed E-state index contributed by atoms with van der Waals surface area (Å²) in [6.07, 6.45) is 1.59. The van der Waals surface area contributed by atoms with Crippen molar-refractivity contribution in [2.75, 3.05) is 13.1 Å². The summed E-state index contributed by atoms with van der Waals surface area (Å²) in [6.45, 7) is 6.59. The number of aryl methyl sites for hydroxylation is 3. The summed E-state index contributed by atoms with van der Waals surface area (Å²) in [6, 6.07) is 1.56. The second kappa shape index (κ2) is 5.98. The van der Waals surface area contributed by atoms with Gasteiger partial charge in [-0.2, -0.15) is 0 Å². The number of piperidine rings is 1. The highest BCUT2D eigenvalue weighted by molar-refractivity contribution is 5.96. The van der Waals surface area contributed by atoms with Crippen LogP contribution in [-0.4, -0.2) is 39.0 Å². The molecule has 0 radical (unpaired) electrons. The van der Waals surface area contributed by atoms with Gasteiger partial charge in [-0.05, 0) is 33.6 Å². The molecule has 0 aliphatic carbocycles. The number of hydrogen-bond donors (Lipinski definition) is 1. The highest BCUT2D eigenvalue weighted by Crippen LogP contribution is 2.27. The fourth-order valence-corrected chi connectivity index (χ4v) is 3.14. The molecule has 1 saturated heterocycles. The van der Waals surface area contributed by atoms with Crippen molar-refractivity contribution in [2.45, 2.75) is 39.5 Å². The molecule has 3 rings (SSSR count). The lowest BCUT2D eigenvalue weighted by atomic mass is 9.93. The first-order valence-corrected chi connectivity index (χ1v) is 7.75.